The fourth-order valence-corrected chi connectivity index (χ4v) is 4.68. The van der Waals surface area contributed by atoms with E-state index in [9.17, 15) is 9.46 Å². The Kier molecular flexibility index (Phi) is 2.16. The monoisotopic (exact) mass is 230 g/mol. The van der Waals surface area contributed by atoms with Crippen LogP contribution in [0.2, 0.25) is 0 Å². The molecule has 1 aliphatic rings. The van der Waals surface area contributed by atoms with Crippen molar-refractivity contribution in [2.75, 3.05) is 0 Å². The van der Waals surface area contributed by atoms with E-state index in [1.165, 1.54) is 17.5 Å². The molecule has 1 fully saturated rings. The van der Waals surface area contributed by atoms with Crippen LogP contribution in [0, 0.1) is 5.92 Å². The molecule has 0 spiro atoms. The van der Waals surface area contributed by atoms with Gasteiger partial charge in [-0.3, -0.25) is 4.57 Å². The summed E-state index contributed by atoms with van der Waals surface area (Å²) < 4.78 is 12.3. The summed E-state index contributed by atoms with van der Waals surface area (Å²) in [6.45, 7) is 3.58. The van der Waals surface area contributed by atoms with Gasteiger partial charge in [0.05, 0.1) is 0 Å². The van der Waals surface area contributed by atoms with Crippen LogP contribution in [0.15, 0.2) is 24.2 Å². The number of hydrogen-bond donors (Lipinski definition) is 2. The molecule has 6 heteroatoms. The Morgan fingerprint density at radius 1 is 1.93 bits per heavy atom. The van der Waals surface area contributed by atoms with Crippen LogP contribution in [0.4, 0.5) is 0 Å². The van der Waals surface area contributed by atoms with Gasteiger partial charge in [0.15, 0.2) is 4.75 Å². The van der Waals surface area contributed by atoms with E-state index in [1.807, 2.05) is 0 Å². The molecule has 0 aromatic carbocycles. The lowest BCUT2D eigenvalue weighted by atomic mass is 10.4. The third-order valence-electron chi connectivity index (χ3n) is 2.56. The Bertz CT molecular complexity index is 405. The standard InChI is InChI=1S/C8H11N2O2PS/c1-2-6-5-8(6,9)13(11,12)7-10-3-4-14-7/h2-4,6H,1,5,9H2,(H,11,12)/t6-,8+/m1/s1. The van der Waals surface area contributed by atoms with Crippen LogP contribution in [-0.4, -0.2) is 15.2 Å². The smallest absolute Gasteiger partial charge is 0.277 e. The normalized spacial score (nSPS) is 34.9. The second kappa shape index (κ2) is 3.00. The lowest BCUT2D eigenvalue weighted by Gasteiger charge is -2.16. The van der Waals surface area contributed by atoms with Gasteiger partial charge in [-0.15, -0.1) is 17.9 Å². The molecule has 0 aliphatic heterocycles. The minimum absolute atomic E-state index is 0.0674. The molecule has 3 N–H and O–H groups in total. The highest BCUT2D eigenvalue weighted by Gasteiger charge is 2.63. The zero-order valence-corrected chi connectivity index (χ0v) is 9.17. The summed E-state index contributed by atoms with van der Waals surface area (Å²) in [6, 6.07) is 0. The van der Waals surface area contributed by atoms with E-state index in [0.29, 0.717) is 6.42 Å². The Labute approximate surface area is 85.9 Å². The lowest BCUT2D eigenvalue weighted by molar-refractivity contribution is 0.469. The highest BCUT2D eigenvalue weighted by atomic mass is 32.1. The van der Waals surface area contributed by atoms with Crippen molar-refractivity contribution < 1.29 is 9.46 Å². The molecule has 76 valence electrons. The molecule has 3 atom stereocenters. The maximum Gasteiger partial charge on any atom is 0.277 e. The number of hydrogen-bond acceptors (Lipinski definition) is 4. The van der Waals surface area contributed by atoms with E-state index >= 15 is 0 Å². The molecule has 2 rings (SSSR count). The summed E-state index contributed by atoms with van der Waals surface area (Å²) in [5.74, 6) is -0.0674. The first-order valence-corrected chi connectivity index (χ1v) is 6.70. The van der Waals surface area contributed by atoms with E-state index in [0.717, 1.165) is 0 Å². The largest absolute Gasteiger partial charge is 0.338 e. The fraction of sp³-hybridized carbons (Fsp3) is 0.375. The summed E-state index contributed by atoms with van der Waals surface area (Å²) in [5.41, 5.74) is 5.85. The number of nitrogens with two attached hydrogens (primary N) is 1. The van der Waals surface area contributed by atoms with E-state index in [1.54, 1.807) is 11.5 Å². The van der Waals surface area contributed by atoms with Crippen molar-refractivity contribution in [1.29, 1.82) is 0 Å². The van der Waals surface area contributed by atoms with Gasteiger partial charge in [-0.05, 0) is 6.42 Å². The molecular weight excluding hydrogens is 219 g/mol. The summed E-state index contributed by atoms with van der Waals surface area (Å²) in [6.07, 6.45) is 3.66. The Balaban J connectivity index is 2.35. The molecule has 1 unspecified atom stereocenters. The topological polar surface area (TPSA) is 76.2 Å². The number of nitrogens with zero attached hydrogens (tertiary/aromatic N) is 1. The van der Waals surface area contributed by atoms with Crippen LogP contribution in [0.25, 0.3) is 0 Å². The summed E-state index contributed by atoms with van der Waals surface area (Å²) in [5, 5.41) is 0.652. The van der Waals surface area contributed by atoms with Crippen LogP contribution in [0.3, 0.4) is 0 Å². The molecule has 14 heavy (non-hydrogen) atoms. The van der Waals surface area contributed by atoms with Gasteiger partial charge in [-0.1, -0.05) is 6.08 Å². The van der Waals surface area contributed by atoms with Gasteiger partial charge in [-0.25, -0.2) is 4.98 Å². The van der Waals surface area contributed by atoms with Crippen LogP contribution >= 0.6 is 18.7 Å². The SMILES string of the molecule is C=C[C@@H]1C[C@]1(N)P(=O)(O)c1nccs1. The predicted molar refractivity (Wildman–Crippen MR) is 56.8 cm³/mol. The third kappa shape index (κ3) is 1.21. The van der Waals surface area contributed by atoms with Crippen molar-refractivity contribution >= 4 is 23.5 Å². The third-order valence-corrected chi connectivity index (χ3v) is 6.47. The fourth-order valence-electron chi connectivity index (χ4n) is 1.47. The lowest BCUT2D eigenvalue weighted by Crippen LogP contribution is -2.29. The molecule has 0 bridgehead atoms. The summed E-state index contributed by atoms with van der Waals surface area (Å²) in [4.78, 5) is 13.8. The van der Waals surface area contributed by atoms with Gasteiger partial charge in [0, 0.05) is 17.5 Å². The first-order chi connectivity index (χ1) is 6.52. The van der Waals surface area contributed by atoms with E-state index in [-0.39, 0.29) is 10.7 Å². The molecule has 1 saturated carbocycles. The van der Waals surface area contributed by atoms with Gasteiger partial charge in [-0.2, -0.15) is 0 Å². The Morgan fingerprint density at radius 2 is 2.64 bits per heavy atom. The molecule has 0 saturated heterocycles. The quantitative estimate of drug-likeness (QED) is 0.597. The average molecular weight is 230 g/mol. The number of aromatic nitrogens is 1. The van der Waals surface area contributed by atoms with Gasteiger partial charge < -0.3 is 10.6 Å². The van der Waals surface area contributed by atoms with Gasteiger partial charge in [0.25, 0.3) is 7.37 Å². The first-order valence-electron chi connectivity index (χ1n) is 4.17. The molecular formula is C8H11N2O2PS. The zero-order valence-electron chi connectivity index (χ0n) is 7.46. The van der Waals surface area contributed by atoms with E-state index in [4.69, 9.17) is 5.73 Å². The van der Waals surface area contributed by atoms with Crippen molar-refractivity contribution in [3.05, 3.63) is 24.2 Å². The van der Waals surface area contributed by atoms with Crippen molar-refractivity contribution in [3.63, 3.8) is 0 Å². The zero-order chi connectivity index (χ0) is 10.4. The highest BCUT2D eigenvalue weighted by molar-refractivity contribution is 7.73. The minimum Gasteiger partial charge on any atom is -0.338 e. The van der Waals surface area contributed by atoms with Crippen LogP contribution in [-0.2, 0) is 4.57 Å². The number of rotatable bonds is 3. The molecule has 1 aromatic rings. The van der Waals surface area contributed by atoms with Crippen molar-refractivity contribution in [3.8, 4) is 0 Å². The van der Waals surface area contributed by atoms with Gasteiger partial charge >= 0.3 is 0 Å². The molecule has 0 radical (unpaired) electrons. The van der Waals surface area contributed by atoms with Gasteiger partial charge in [0.1, 0.15) is 5.28 Å². The molecule has 1 aliphatic carbocycles. The second-order valence-corrected chi connectivity index (χ2v) is 7.03. The van der Waals surface area contributed by atoms with Crippen LogP contribution < -0.4 is 10.5 Å². The summed E-state index contributed by atoms with van der Waals surface area (Å²) >= 11 is 1.17. The summed E-state index contributed by atoms with van der Waals surface area (Å²) in [7, 11) is -3.53. The maximum absolute atomic E-state index is 12.1. The van der Waals surface area contributed by atoms with Crippen LogP contribution in [0.1, 0.15) is 6.42 Å². The van der Waals surface area contributed by atoms with E-state index < -0.39 is 12.6 Å². The Hall–Kier alpha value is -0.480. The van der Waals surface area contributed by atoms with Gasteiger partial charge in [0.2, 0.25) is 0 Å². The molecule has 1 heterocycles. The van der Waals surface area contributed by atoms with Crippen LogP contribution in [0.5, 0.6) is 0 Å². The first kappa shape index (κ1) is 10.1. The average Bonchev–Trinajstić information content (AvgIpc) is 2.65. The van der Waals surface area contributed by atoms with E-state index in [2.05, 4.69) is 11.6 Å². The molecule has 1 aromatic heterocycles. The maximum atomic E-state index is 12.1. The predicted octanol–water partition coefficient (Wildman–Crippen LogP) is 0.900. The van der Waals surface area contributed by atoms with Crippen molar-refractivity contribution in [2.45, 2.75) is 11.7 Å². The van der Waals surface area contributed by atoms with Crippen molar-refractivity contribution in [1.82, 2.24) is 4.98 Å². The molecule has 4 nitrogen and oxygen atoms in total. The molecule has 0 amide bonds. The Morgan fingerprint density at radius 3 is 3.07 bits per heavy atom. The highest BCUT2D eigenvalue weighted by Crippen LogP contribution is 2.67. The minimum atomic E-state index is -3.53. The second-order valence-electron chi connectivity index (χ2n) is 3.43. The number of thiazole rings is 1. The van der Waals surface area contributed by atoms with Crippen molar-refractivity contribution in [2.24, 2.45) is 11.7 Å².